The van der Waals surface area contributed by atoms with Gasteiger partial charge < -0.3 is 20.6 Å². The van der Waals surface area contributed by atoms with Crippen LogP contribution in [0.25, 0.3) is 17.2 Å². The third kappa shape index (κ3) is 8.10. The molecule has 0 bridgehead atoms. The Kier molecular flexibility index (Phi) is 9.93. The third-order valence-corrected chi connectivity index (χ3v) is 6.34. The highest BCUT2D eigenvalue weighted by Crippen LogP contribution is 2.30. The van der Waals surface area contributed by atoms with Crippen molar-refractivity contribution < 1.29 is 29.3 Å². The first-order chi connectivity index (χ1) is 18.0. The first kappa shape index (κ1) is 28.8. The molecule has 1 unspecified atom stereocenters. The van der Waals surface area contributed by atoms with E-state index in [1.54, 1.807) is 55.5 Å². The van der Waals surface area contributed by atoms with Crippen LogP contribution in [0, 0.1) is 26.6 Å². The average Bonchev–Trinajstić information content (AvgIpc) is 2.84. The summed E-state index contributed by atoms with van der Waals surface area (Å²) in [5.74, 6) is -2.06. The number of hydrogen-bond donors (Lipinski definition) is 4. The number of carboxylic acids is 1. The molecule has 4 N–H and O–H groups in total. The lowest BCUT2D eigenvalue weighted by atomic mass is 9.92. The number of rotatable bonds is 11. The van der Waals surface area contributed by atoms with Crippen LogP contribution in [0.4, 0.5) is 4.39 Å². The van der Waals surface area contributed by atoms with Crippen LogP contribution in [-0.2, 0) is 16.0 Å². The van der Waals surface area contributed by atoms with Crippen molar-refractivity contribution in [2.75, 3.05) is 0 Å². The summed E-state index contributed by atoms with van der Waals surface area (Å²) in [7, 11) is 0. The van der Waals surface area contributed by atoms with Crippen molar-refractivity contribution in [1.82, 2.24) is 5.32 Å². The standard InChI is InChI=1S/C31H34FNO5/c1-19-13-20(2)26(27(14-19)23-9-12-28(32)21(3)15-23)11-10-24(34)17-25(35)18-30(36)33-29(31(37)38)16-22-7-5-4-6-8-22/h4-15,24-25,29,34-35H,16-18H2,1-3H3,(H,33,36)(H,37,38)/t24-,25-,29?/m1/s1. The lowest BCUT2D eigenvalue weighted by molar-refractivity contribution is -0.142. The predicted octanol–water partition coefficient (Wildman–Crippen LogP) is 4.75. The van der Waals surface area contributed by atoms with Gasteiger partial charge in [0.2, 0.25) is 5.91 Å². The Labute approximate surface area is 222 Å². The minimum atomic E-state index is -1.17. The highest BCUT2D eigenvalue weighted by molar-refractivity contribution is 5.84. The number of carbonyl (C=O) groups excluding carboxylic acids is 1. The van der Waals surface area contributed by atoms with Gasteiger partial charge in [-0.05, 0) is 66.3 Å². The maximum Gasteiger partial charge on any atom is 0.326 e. The van der Waals surface area contributed by atoms with Crippen molar-refractivity contribution in [2.45, 2.75) is 58.3 Å². The zero-order valence-corrected chi connectivity index (χ0v) is 21.8. The van der Waals surface area contributed by atoms with Gasteiger partial charge in [0.05, 0.1) is 18.6 Å². The Bertz CT molecular complexity index is 1310. The Morgan fingerprint density at radius 1 is 0.974 bits per heavy atom. The van der Waals surface area contributed by atoms with Gasteiger partial charge in [0.15, 0.2) is 0 Å². The Morgan fingerprint density at radius 2 is 1.68 bits per heavy atom. The lowest BCUT2D eigenvalue weighted by Gasteiger charge is -2.17. The van der Waals surface area contributed by atoms with Gasteiger partial charge in [-0.15, -0.1) is 0 Å². The highest BCUT2D eigenvalue weighted by atomic mass is 19.1. The van der Waals surface area contributed by atoms with Gasteiger partial charge in [0.25, 0.3) is 0 Å². The number of aliphatic hydroxyl groups excluding tert-OH is 2. The fraction of sp³-hybridized carbons (Fsp3) is 0.290. The van der Waals surface area contributed by atoms with E-state index in [2.05, 4.69) is 5.32 Å². The van der Waals surface area contributed by atoms with Crippen LogP contribution >= 0.6 is 0 Å². The monoisotopic (exact) mass is 519 g/mol. The summed E-state index contributed by atoms with van der Waals surface area (Å²) in [6.07, 6.45) is 0.785. The molecule has 0 aromatic heterocycles. The Balaban J connectivity index is 1.64. The van der Waals surface area contributed by atoms with Crippen LogP contribution < -0.4 is 5.32 Å². The summed E-state index contributed by atoms with van der Waals surface area (Å²) in [6.45, 7) is 5.64. The molecule has 0 heterocycles. The molecular formula is C31H34FNO5. The van der Waals surface area contributed by atoms with Crippen molar-refractivity contribution in [1.29, 1.82) is 0 Å². The first-order valence-electron chi connectivity index (χ1n) is 12.5. The molecule has 1 amide bonds. The number of halogens is 1. The smallest absolute Gasteiger partial charge is 0.326 e. The fourth-order valence-electron chi connectivity index (χ4n) is 4.42. The zero-order valence-electron chi connectivity index (χ0n) is 21.8. The molecule has 0 spiro atoms. The molecule has 38 heavy (non-hydrogen) atoms. The lowest BCUT2D eigenvalue weighted by Crippen LogP contribution is -2.43. The van der Waals surface area contributed by atoms with E-state index in [-0.39, 0.29) is 25.1 Å². The van der Waals surface area contributed by atoms with Gasteiger partial charge in [-0.3, -0.25) is 4.79 Å². The number of amides is 1. The summed E-state index contributed by atoms with van der Waals surface area (Å²) in [6, 6.07) is 16.8. The maximum absolute atomic E-state index is 13.8. The molecule has 3 rings (SSSR count). The average molecular weight is 520 g/mol. The predicted molar refractivity (Wildman–Crippen MR) is 146 cm³/mol. The first-order valence-corrected chi connectivity index (χ1v) is 12.5. The topological polar surface area (TPSA) is 107 Å². The van der Waals surface area contributed by atoms with E-state index in [9.17, 15) is 29.3 Å². The minimum Gasteiger partial charge on any atom is -0.480 e. The van der Waals surface area contributed by atoms with Crippen LogP contribution in [0.3, 0.4) is 0 Å². The molecule has 0 aliphatic rings. The summed E-state index contributed by atoms with van der Waals surface area (Å²) >= 11 is 0. The van der Waals surface area contributed by atoms with Gasteiger partial charge in [-0.2, -0.15) is 0 Å². The van der Waals surface area contributed by atoms with Crippen LogP contribution in [0.1, 0.15) is 40.7 Å². The second-order valence-electron chi connectivity index (χ2n) is 9.68. The molecule has 3 aromatic carbocycles. The van der Waals surface area contributed by atoms with E-state index in [0.717, 1.165) is 33.4 Å². The molecule has 0 saturated carbocycles. The molecule has 0 radical (unpaired) electrons. The summed E-state index contributed by atoms with van der Waals surface area (Å²) < 4.78 is 13.8. The van der Waals surface area contributed by atoms with Crippen molar-refractivity contribution in [3.63, 3.8) is 0 Å². The van der Waals surface area contributed by atoms with Gasteiger partial charge >= 0.3 is 5.97 Å². The molecule has 0 fully saturated rings. The van der Waals surface area contributed by atoms with E-state index in [1.165, 1.54) is 6.07 Å². The molecule has 3 atom stereocenters. The van der Waals surface area contributed by atoms with Gasteiger partial charge in [0, 0.05) is 12.8 Å². The Morgan fingerprint density at radius 3 is 2.34 bits per heavy atom. The number of carboxylic acid groups (broad SMARTS) is 1. The Hall–Kier alpha value is -3.81. The number of nitrogens with one attached hydrogen (secondary N) is 1. The normalized spacial score (nSPS) is 13.7. The van der Waals surface area contributed by atoms with Crippen molar-refractivity contribution in [3.05, 3.63) is 100 Å². The fourth-order valence-corrected chi connectivity index (χ4v) is 4.42. The molecule has 7 heteroatoms. The van der Waals surface area contributed by atoms with Crippen molar-refractivity contribution in [3.8, 4) is 11.1 Å². The third-order valence-electron chi connectivity index (χ3n) is 6.34. The van der Waals surface area contributed by atoms with E-state index < -0.39 is 30.1 Å². The largest absolute Gasteiger partial charge is 0.480 e. The summed E-state index contributed by atoms with van der Waals surface area (Å²) in [5, 5.41) is 32.8. The van der Waals surface area contributed by atoms with Crippen molar-refractivity contribution in [2.24, 2.45) is 0 Å². The maximum atomic E-state index is 13.8. The molecule has 0 aliphatic carbocycles. The summed E-state index contributed by atoms with van der Waals surface area (Å²) in [4.78, 5) is 24.0. The van der Waals surface area contributed by atoms with Crippen molar-refractivity contribution >= 4 is 18.0 Å². The number of aliphatic carboxylic acids is 1. The van der Waals surface area contributed by atoms with Crippen LogP contribution in [0.15, 0.2) is 66.7 Å². The van der Waals surface area contributed by atoms with Crippen LogP contribution in [-0.4, -0.2) is 45.4 Å². The molecular weight excluding hydrogens is 485 g/mol. The molecule has 6 nitrogen and oxygen atoms in total. The second kappa shape index (κ2) is 13.1. The van der Waals surface area contributed by atoms with Gasteiger partial charge in [0.1, 0.15) is 11.9 Å². The van der Waals surface area contributed by atoms with E-state index in [4.69, 9.17) is 0 Å². The molecule has 3 aromatic rings. The zero-order chi connectivity index (χ0) is 27.8. The SMILES string of the molecule is Cc1cc(C)c(C=C[C@@H](O)C[C@@H](O)CC(=O)NC(Cc2ccccc2)C(=O)O)c(-c2ccc(F)c(C)c2)c1. The molecule has 200 valence electrons. The van der Waals surface area contributed by atoms with E-state index in [1.807, 2.05) is 32.0 Å². The van der Waals surface area contributed by atoms with E-state index in [0.29, 0.717) is 5.56 Å². The summed E-state index contributed by atoms with van der Waals surface area (Å²) in [5.41, 5.74) is 5.93. The van der Waals surface area contributed by atoms with Crippen LogP contribution in [0.2, 0.25) is 0 Å². The van der Waals surface area contributed by atoms with Gasteiger partial charge in [-0.1, -0.05) is 66.2 Å². The van der Waals surface area contributed by atoms with Gasteiger partial charge in [-0.25, -0.2) is 9.18 Å². The molecule has 0 aliphatic heterocycles. The highest BCUT2D eigenvalue weighted by Gasteiger charge is 2.22. The number of hydrogen-bond acceptors (Lipinski definition) is 4. The molecule has 0 saturated heterocycles. The van der Waals surface area contributed by atoms with Crippen LogP contribution in [0.5, 0.6) is 0 Å². The minimum absolute atomic E-state index is 0.101. The number of aliphatic hydroxyl groups is 2. The number of benzene rings is 3. The number of aryl methyl sites for hydroxylation is 3. The van der Waals surface area contributed by atoms with E-state index >= 15 is 0 Å². The quantitative estimate of drug-likeness (QED) is 0.293. The number of carbonyl (C=O) groups is 2. The second-order valence-corrected chi connectivity index (χ2v) is 9.68.